The van der Waals surface area contributed by atoms with Gasteiger partial charge in [0.2, 0.25) is 5.75 Å². The van der Waals surface area contributed by atoms with Crippen molar-refractivity contribution in [1.82, 2.24) is 9.97 Å². The smallest absolute Gasteiger partial charge is 0.203 e. The third-order valence-electron chi connectivity index (χ3n) is 3.52. The average Bonchev–Trinajstić information content (AvgIpc) is 2.61. The van der Waals surface area contributed by atoms with Gasteiger partial charge in [0.25, 0.3) is 0 Å². The fraction of sp³-hybridized carbons (Fsp3) is 0.375. The Morgan fingerprint density at radius 1 is 1.04 bits per heavy atom. The van der Waals surface area contributed by atoms with Gasteiger partial charge in [-0.15, -0.1) is 0 Å². The molecule has 24 heavy (non-hydrogen) atoms. The zero-order chi connectivity index (χ0) is 17.5. The van der Waals surface area contributed by atoms with Gasteiger partial charge in [0, 0.05) is 19.2 Å². The number of nitrogens with one attached hydrogen (secondary N) is 2. The summed E-state index contributed by atoms with van der Waals surface area (Å²) in [6.07, 6.45) is 2.12. The molecule has 0 bridgehead atoms. The van der Waals surface area contributed by atoms with Crippen LogP contribution in [0.1, 0.15) is 5.56 Å². The summed E-state index contributed by atoms with van der Waals surface area (Å²) in [7, 11) is 6.56. The molecule has 0 amide bonds. The molecule has 2 rings (SSSR count). The molecule has 130 valence electrons. The van der Waals surface area contributed by atoms with Crippen LogP contribution in [-0.2, 0) is 6.42 Å². The highest BCUT2D eigenvalue weighted by Crippen LogP contribution is 2.39. The van der Waals surface area contributed by atoms with E-state index in [4.69, 9.17) is 25.8 Å². The van der Waals surface area contributed by atoms with Gasteiger partial charge in [-0.3, -0.25) is 0 Å². The van der Waals surface area contributed by atoms with Gasteiger partial charge in [-0.2, -0.15) is 0 Å². The number of hydrogen-bond acceptors (Lipinski definition) is 7. The first-order chi connectivity index (χ1) is 11.7. The van der Waals surface area contributed by atoms with Crippen molar-refractivity contribution in [3.8, 4) is 17.2 Å². The Kier molecular flexibility index (Phi) is 6.31. The van der Waals surface area contributed by atoms with Gasteiger partial charge in [-0.1, -0.05) is 17.7 Å². The molecule has 1 aromatic heterocycles. The van der Waals surface area contributed by atoms with Crippen molar-refractivity contribution in [1.29, 1.82) is 0 Å². The number of rotatable bonds is 8. The third kappa shape index (κ3) is 3.73. The fourth-order valence-electron chi connectivity index (χ4n) is 2.40. The quantitative estimate of drug-likeness (QED) is 0.707. The molecule has 0 saturated heterocycles. The first-order valence-corrected chi connectivity index (χ1v) is 7.74. The van der Waals surface area contributed by atoms with Crippen molar-refractivity contribution < 1.29 is 14.2 Å². The van der Waals surface area contributed by atoms with Crippen molar-refractivity contribution in [2.75, 3.05) is 45.6 Å². The van der Waals surface area contributed by atoms with E-state index in [0.717, 1.165) is 5.56 Å². The maximum Gasteiger partial charge on any atom is 0.203 e. The summed E-state index contributed by atoms with van der Waals surface area (Å²) in [5, 5.41) is 6.61. The molecule has 8 heteroatoms. The number of hydrogen-bond donors (Lipinski definition) is 2. The first kappa shape index (κ1) is 17.9. The highest BCUT2D eigenvalue weighted by Gasteiger charge is 2.15. The summed E-state index contributed by atoms with van der Waals surface area (Å²) in [5.41, 5.74) is 1.66. The second-order valence-electron chi connectivity index (χ2n) is 4.81. The minimum absolute atomic E-state index is 0.374. The summed E-state index contributed by atoms with van der Waals surface area (Å²) in [4.78, 5) is 8.15. The van der Waals surface area contributed by atoms with E-state index < -0.39 is 0 Å². The molecule has 0 aliphatic rings. The summed E-state index contributed by atoms with van der Waals surface area (Å²) in [6, 6.07) is 3.81. The van der Waals surface area contributed by atoms with Crippen molar-refractivity contribution in [3.63, 3.8) is 0 Å². The van der Waals surface area contributed by atoms with Crippen LogP contribution in [0.25, 0.3) is 0 Å². The lowest BCUT2D eigenvalue weighted by Gasteiger charge is -2.16. The summed E-state index contributed by atoms with van der Waals surface area (Å²) < 4.78 is 16.2. The Bertz CT molecular complexity index is 697. The number of ether oxygens (including phenoxy) is 3. The van der Waals surface area contributed by atoms with Gasteiger partial charge in [-0.05, 0) is 12.5 Å². The van der Waals surface area contributed by atoms with Crippen LogP contribution in [0.2, 0.25) is 5.15 Å². The van der Waals surface area contributed by atoms with Crippen LogP contribution in [-0.4, -0.2) is 44.9 Å². The highest BCUT2D eigenvalue weighted by molar-refractivity contribution is 6.32. The second-order valence-corrected chi connectivity index (χ2v) is 5.17. The molecule has 2 aromatic rings. The van der Waals surface area contributed by atoms with E-state index in [9.17, 15) is 0 Å². The lowest BCUT2D eigenvalue weighted by molar-refractivity contribution is 0.322. The molecular weight excluding hydrogens is 332 g/mol. The number of methoxy groups -OCH3 is 3. The van der Waals surface area contributed by atoms with E-state index in [0.29, 0.717) is 46.9 Å². The normalized spacial score (nSPS) is 10.2. The SMILES string of the molecule is CNc1c(Cl)ncnc1NCCc1ccc(OC)c(OC)c1OC. The molecule has 0 spiro atoms. The van der Waals surface area contributed by atoms with Gasteiger partial charge in [0.15, 0.2) is 22.5 Å². The lowest BCUT2D eigenvalue weighted by atomic mass is 10.1. The van der Waals surface area contributed by atoms with Gasteiger partial charge in [0.05, 0.1) is 21.3 Å². The summed E-state index contributed by atoms with van der Waals surface area (Å²) >= 11 is 6.04. The predicted molar refractivity (Wildman–Crippen MR) is 94.9 cm³/mol. The number of halogens is 1. The van der Waals surface area contributed by atoms with Crippen LogP contribution < -0.4 is 24.8 Å². The van der Waals surface area contributed by atoms with E-state index >= 15 is 0 Å². The maximum atomic E-state index is 6.04. The molecule has 1 aromatic carbocycles. The Balaban J connectivity index is 2.14. The molecule has 2 N–H and O–H groups in total. The van der Waals surface area contributed by atoms with Crippen molar-refractivity contribution in [2.24, 2.45) is 0 Å². The highest BCUT2D eigenvalue weighted by atomic mass is 35.5. The maximum absolute atomic E-state index is 6.04. The largest absolute Gasteiger partial charge is 0.493 e. The van der Waals surface area contributed by atoms with E-state index in [1.807, 2.05) is 12.1 Å². The van der Waals surface area contributed by atoms with Gasteiger partial charge < -0.3 is 24.8 Å². The molecule has 0 atom stereocenters. The number of nitrogens with zero attached hydrogens (tertiary/aromatic N) is 2. The molecule has 0 fully saturated rings. The Morgan fingerprint density at radius 2 is 1.79 bits per heavy atom. The summed E-state index contributed by atoms with van der Waals surface area (Å²) in [6.45, 7) is 0.633. The standard InChI is InChI=1S/C16H21ClN4O3/c1-18-12-15(17)20-9-21-16(12)19-8-7-10-5-6-11(22-2)14(24-4)13(10)23-3/h5-6,9,18H,7-8H2,1-4H3,(H,19,20,21). The molecule has 0 aliphatic heterocycles. The molecule has 0 unspecified atom stereocenters. The average molecular weight is 353 g/mol. The molecule has 0 radical (unpaired) electrons. The Labute approximate surface area is 146 Å². The zero-order valence-corrected chi connectivity index (χ0v) is 14.9. The lowest BCUT2D eigenvalue weighted by Crippen LogP contribution is -2.10. The summed E-state index contributed by atoms with van der Waals surface area (Å²) in [5.74, 6) is 2.52. The second kappa shape index (κ2) is 8.44. The van der Waals surface area contributed by atoms with Crippen LogP contribution in [0.15, 0.2) is 18.5 Å². The van der Waals surface area contributed by atoms with Crippen LogP contribution in [0.5, 0.6) is 17.2 Å². The van der Waals surface area contributed by atoms with Crippen LogP contribution in [0, 0.1) is 0 Å². The molecule has 1 heterocycles. The predicted octanol–water partition coefficient (Wildman–Crippen LogP) is 2.85. The van der Waals surface area contributed by atoms with Crippen LogP contribution in [0.4, 0.5) is 11.5 Å². The molecule has 7 nitrogen and oxygen atoms in total. The monoisotopic (exact) mass is 352 g/mol. The Hall–Kier alpha value is -2.41. The van der Waals surface area contributed by atoms with Crippen molar-refractivity contribution in [2.45, 2.75) is 6.42 Å². The number of anilines is 2. The van der Waals surface area contributed by atoms with Gasteiger partial charge >= 0.3 is 0 Å². The van der Waals surface area contributed by atoms with Crippen LogP contribution >= 0.6 is 11.6 Å². The third-order valence-corrected chi connectivity index (χ3v) is 3.81. The van der Waals surface area contributed by atoms with E-state index in [1.54, 1.807) is 28.4 Å². The first-order valence-electron chi connectivity index (χ1n) is 7.36. The minimum Gasteiger partial charge on any atom is -0.493 e. The number of benzene rings is 1. The topological polar surface area (TPSA) is 77.5 Å². The molecule has 0 aliphatic carbocycles. The van der Waals surface area contributed by atoms with Gasteiger partial charge in [0.1, 0.15) is 12.0 Å². The van der Waals surface area contributed by atoms with Crippen molar-refractivity contribution in [3.05, 3.63) is 29.2 Å². The Morgan fingerprint density at radius 3 is 2.42 bits per heavy atom. The van der Waals surface area contributed by atoms with E-state index in [1.165, 1.54) is 6.33 Å². The zero-order valence-electron chi connectivity index (χ0n) is 14.1. The molecular formula is C16H21ClN4O3. The van der Waals surface area contributed by atoms with Gasteiger partial charge in [-0.25, -0.2) is 9.97 Å². The molecule has 0 saturated carbocycles. The van der Waals surface area contributed by atoms with E-state index in [2.05, 4.69) is 20.6 Å². The van der Waals surface area contributed by atoms with Crippen molar-refractivity contribution >= 4 is 23.1 Å². The minimum atomic E-state index is 0.374. The van der Waals surface area contributed by atoms with E-state index in [-0.39, 0.29) is 0 Å². The fourth-order valence-corrected chi connectivity index (χ4v) is 2.62. The van der Waals surface area contributed by atoms with Crippen LogP contribution in [0.3, 0.4) is 0 Å². The number of aromatic nitrogens is 2.